The van der Waals surface area contributed by atoms with Crippen LogP contribution in [0.1, 0.15) is 11.1 Å². The van der Waals surface area contributed by atoms with Gasteiger partial charge in [-0.2, -0.15) is 0 Å². The monoisotopic (exact) mass is 343 g/mol. The minimum atomic E-state index is -0.464. The molecule has 3 rings (SSSR count). The summed E-state index contributed by atoms with van der Waals surface area (Å²) in [6.45, 7) is 1.81. The Morgan fingerprint density at radius 1 is 1.16 bits per heavy atom. The molecule has 2 aromatic carbocycles. The van der Waals surface area contributed by atoms with Gasteiger partial charge in [-0.15, -0.1) is 0 Å². The van der Waals surface area contributed by atoms with Crippen molar-refractivity contribution >= 4 is 6.09 Å². The quantitative estimate of drug-likeness (QED) is 0.747. The first-order chi connectivity index (χ1) is 12.2. The van der Waals surface area contributed by atoms with E-state index in [1.54, 1.807) is 7.11 Å². The number of carbonyl (C=O) groups is 1. The van der Waals surface area contributed by atoms with Gasteiger partial charge in [0.1, 0.15) is 19.3 Å². The molecule has 0 saturated carbocycles. The van der Waals surface area contributed by atoms with Crippen molar-refractivity contribution in [2.45, 2.75) is 19.3 Å². The van der Waals surface area contributed by atoms with E-state index in [2.05, 4.69) is 5.32 Å². The SMILES string of the molecule is COc1ccc(CNC(=O)OCc2ccccc2)cc1OCC1CO1. The van der Waals surface area contributed by atoms with Crippen molar-refractivity contribution in [3.05, 3.63) is 59.7 Å². The fraction of sp³-hybridized carbons (Fsp3) is 0.316. The predicted molar refractivity (Wildman–Crippen MR) is 91.7 cm³/mol. The molecule has 0 radical (unpaired) electrons. The average Bonchev–Trinajstić information content (AvgIpc) is 3.48. The maximum Gasteiger partial charge on any atom is 0.407 e. The van der Waals surface area contributed by atoms with Crippen LogP contribution in [0.15, 0.2) is 48.5 Å². The molecule has 0 aliphatic carbocycles. The van der Waals surface area contributed by atoms with Gasteiger partial charge in [-0.05, 0) is 23.3 Å². The second kappa shape index (κ2) is 8.39. The lowest BCUT2D eigenvalue weighted by Gasteiger charge is -2.12. The van der Waals surface area contributed by atoms with Gasteiger partial charge in [0.25, 0.3) is 0 Å². The summed E-state index contributed by atoms with van der Waals surface area (Å²) in [4.78, 5) is 11.8. The van der Waals surface area contributed by atoms with Crippen molar-refractivity contribution in [2.24, 2.45) is 0 Å². The van der Waals surface area contributed by atoms with Crippen molar-refractivity contribution in [1.82, 2.24) is 5.32 Å². The lowest BCUT2D eigenvalue weighted by Crippen LogP contribution is -2.23. The van der Waals surface area contributed by atoms with Crippen LogP contribution in [0.2, 0.25) is 0 Å². The molecule has 6 heteroatoms. The van der Waals surface area contributed by atoms with E-state index >= 15 is 0 Å². The highest BCUT2D eigenvalue weighted by Crippen LogP contribution is 2.29. The summed E-state index contributed by atoms with van der Waals surface area (Å²) < 4.78 is 21.3. The maximum absolute atomic E-state index is 11.8. The summed E-state index contributed by atoms with van der Waals surface area (Å²) in [5, 5.41) is 2.73. The average molecular weight is 343 g/mol. The van der Waals surface area contributed by atoms with E-state index in [1.165, 1.54) is 0 Å². The van der Waals surface area contributed by atoms with Crippen molar-refractivity contribution in [3.63, 3.8) is 0 Å². The van der Waals surface area contributed by atoms with Crippen LogP contribution in [-0.4, -0.2) is 32.5 Å². The number of ether oxygens (including phenoxy) is 4. The molecular formula is C19H21NO5. The molecule has 6 nitrogen and oxygen atoms in total. The summed E-state index contributed by atoms with van der Waals surface area (Å²) in [7, 11) is 1.59. The van der Waals surface area contributed by atoms with E-state index in [4.69, 9.17) is 18.9 Å². The Morgan fingerprint density at radius 2 is 1.96 bits per heavy atom. The number of nitrogens with one attached hydrogen (secondary N) is 1. The van der Waals surface area contributed by atoms with Crippen molar-refractivity contribution in [3.8, 4) is 11.5 Å². The largest absolute Gasteiger partial charge is 0.493 e. The summed E-state index contributed by atoms with van der Waals surface area (Å²) in [6.07, 6.45) is -0.298. The second-order valence-electron chi connectivity index (χ2n) is 5.67. The standard InChI is InChI=1S/C19H21NO5/c1-22-17-8-7-15(9-18(17)24-13-16-12-23-16)10-20-19(21)25-11-14-5-3-2-4-6-14/h2-9,16H,10-13H2,1H3,(H,20,21). The van der Waals surface area contributed by atoms with E-state index in [1.807, 2.05) is 48.5 Å². The van der Waals surface area contributed by atoms with Gasteiger partial charge in [-0.1, -0.05) is 36.4 Å². The molecule has 1 unspecified atom stereocenters. The highest BCUT2D eigenvalue weighted by Gasteiger charge is 2.23. The van der Waals surface area contributed by atoms with E-state index < -0.39 is 6.09 Å². The number of alkyl carbamates (subject to hydrolysis) is 1. The van der Waals surface area contributed by atoms with Crippen molar-refractivity contribution in [2.75, 3.05) is 20.3 Å². The van der Waals surface area contributed by atoms with Crippen LogP contribution in [0.25, 0.3) is 0 Å². The molecule has 1 N–H and O–H groups in total. The molecule has 1 atom stereocenters. The van der Waals surface area contributed by atoms with Gasteiger partial charge in [0.15, 0.2) is 11.5 Å². The molecule has 0 spiro atoms. The van der Waals surface area contributed by atoms with Gasteiger partial charge in [0.2, 0.25) is 0 Å². The van der Waals surface area contributed by atoms with E-state index in [-0.39, 0.29) is 12.7 Å². The fourth-order valence-corrected chi connectivity index (χ4v) is 2.24. The summed E-state index contributed by atoms with van der Waals surface area (Å²) >= 11 is 0. The second-order valence-corrected chi connectivity index (χ2v) is 5.67. The van der Waals surface area contributed by atoms with Crippen molar-refractivity contribution < 1.29 is 23.7 Å². The lowest BCUT2D eigenvalue weighted by molar-refractivity contribution is 0.139. The van der Waals surface area contributed by atoms with Gasteiger partial charge in [-0.3, -0.25) is 0 Å². The fourth-order valence-electron chi connectivity index (χ4n) is 2.24. The third-order valence-electron chi connectivity index (χ3n) is 3.70. The molecule has 1 saturated heterocycles. The third kappa shape index (κ3) is 5.39. The minimum Gasteiger partial charge on any atom is -0.493 e. The zero-order valence-corrected chi connectivity index (χ0v) is 14.1. The molecule has 2 aromatic rings. The van der Waals surface area contributed by atoms with E-state index in [0.717, 1.165) is 17.7 Å². The molecule has 1 fully saturated rings. The number of amides is 1. The van der Waals surface area contributed by atoms with Gasteiger partial charge >= 0.3 is 6.09 Å². The maximum atomic E-state index is 11.8. The Hall–Kier alpha value is -2.73. The zero-order chi connectivity index (χ0) is 17.5. The Labute approximate surface area is 146 Å². The van der Waals surface area contributed by atoms with Crippen LogP contribution in [0.4, 0.5) is 4.79 Å². The van der Waals surface area contributed by atoms with Crippen LogP contribution < -0.4 is 14.8 Å². The van der Waals surface area contributed by atoms with Crippen LogP contribution >= 0.6 is 0 Å². The first-order valence-corrected chi connectivity index (χ1v) is 8.10. The number of hydrogen-bond acceptors (Lipinski definition) is 5. The first-order valence-electron chi connectivity index (χ1n) is 8.10. The number of carbonyl (C=O) groups excluding carboxylic acids is 1. The number of rotatable bonds is 8. The number of benzene rings is 2. The Morgan fingerprint density at radius 3 is 2.68 bits per heavy atom. The molecule has 132 valence electrons. The highest BCUT2D eigenvalue weighted by molar-refractivity contribution is 5.67. The molecule has 1 aliphatic heterocycles. The van der Waals surface area contributed by atoms with E-state index in [0.29, 0.717) is 24.7 Å². The smallest absolute Gasteiger partial charge is 0.407 e. The number of methoxy groups -OCH3 is 1. The van der Waals surface area contributed by atoms with Crippen LogP contribution in [-0.2, 0) is 22.6 Å². The van der Waals surface area contributed by atoms with Gasteiger partial charge < -0.3 is 24.3 Å². The Balaban J connectivity index is 1.49. The molecule has 1 heterocycles. The van der Waals surface area contributed by atoms with Gasteiger partial charge in [-0.25, -0.2) is 4.79 Å². The normalized spacial score (nSPS) is 15.3. The minimum absolute atomic E-state index is 0.166. The summed E-state index contributed by atoms with van der Waals surface area (Å²) in [5.74, 6) is 1.28. The Kier molecular flexibility index (Phi) is 5.74. The highest BCUT2D eigenvalue weighted by atomic mass is 16.6. The summed E-state index contributed by atoms with van der Waals surface area (Å²) in [5.41, 5.74) is 1.84. The Bertz CT molecular complexity index is 700. The lowest BCUT2D eigenvalue weighted by atomic mass is 10.2. The molecule has 1 aliphatic rings. The molecule has 0 bridgehead atoms. The third-order valence-corrected chi connectivity index (χ3v) is 3.70. The van der Waals surface area contributed by atoms with Crippen LogP contribution in [0, 0.1) is 0 Å². The van der Waals surface area contributed by atoms with Crippen LogP contribution in [0.5, 0.6) is 11.5 Å². The molecule has 1 amide bonds. The zero-order valence-electron chi connectivity index (χ0n) is 14.1. The van der Waals surface area contributed by atoms with Gasteiger partial charge in [0.05, 0.1) is 13.7 Å². The van der Waals surface area contributed by atoms with Gasteiger partial charge in [0, 0.05) is 6.54 Å². The van der Waals surface area contributed by atoms with Crippen LogP contribution in [0.3, 0.4) is 0 Å². The number of hydrogen-bond donors (Lipinski definition) is 1. The molecular weight excluding hydrogens is 322 g/mol. The predicted octanol–water partition coefficient (Wildman–Crippen LogP) is 2.90. The first kappa shape index (κ1) is 17.1. The van der Waals surface area contributed by atoms with Crippen molar-refractivity contribution in [1.29, 1.82) is 0 Å². The molecule has 25 heavy (non-hydrogen) atoms. The number of epoxide rings is 1. The summed E-state index contributed by atoms with van der Waals surface area (Å²) in [6, 6.07) is 15.1. The molecule has 0 aromatic heterocycles. The topological polar surface area (TPSA) is 69.3 Å². The van der Waals surface area contributed by atoms with E-state index in [9.17, 15) is 4.79 Å².